The number of rotatable bonds is 4. The minimum atomic E-state index is -0.379. The molecule has 0 fully saturated rings. The highest BCUT2D eigenvalue weighted by Gasteiger charge is 2.48. The maximum atomic E-state index is 13.4. The second kappa shape index (κ2) is 6.23. The lowest BCUT2D eigenvalue weighted by Crippen LogP contribution is -2.39. The van der Waals surface area contributed by atoms with E-state index >= 15 is 0 Å². The minimum Gasteiger partial charge on any atom is -0.353 e. The van der Waals surface area contributed by atoms with Gasteiger partial charge in [-0.3, -0.25) is 9.89 Å². The molecule has 1 aliphatic carbocycles. The monoisotopic (exact) mass is 376 g/mol. The van der Waals surface area contributed by atoms with Crippen LogP contribution in [-0.2, 0) is 23.1 Å². The van der Waals surface area contributed by atoms with Gasteiger partial charge in [0.15, 0.2) is 0 Å². The summed E-state index contributed by atoms with van der Waals surface area (Å²) in [4.78, 5) is 19.1. The average molecular weight is 377 g/mol. The molecule has 5 heteroatoms. The first-order valence-electron chi connectivity index (χ1n) is 10.7. The predicted octanol–water partition coefficient (Wildman–Crippen LogP) is 4.86. The first kappa shape index (κ1) is 17.5. The molecule has 28 heavy (non-hydrogen) atoms. The number of hydrogen-bond donors (Lipinski definition) is 2. The number of benzene rings is 1. The highest BCUT2D eigenvalue weighted by Crippen LogP contribution is 2.49. The molecule has 1 unspecified atom stereocenters. The van der Waals surface area contributed by atoms with Gasteiger partial charge in [-0.2, -0.15) is 5.10 Å². The van der Waals surface area contributed by atoms with Crippen molar-refractivity contribution in [2.24, 2.45) is 0 Å². The second-order valence-corrected chi connectivity index (χ2v) is 8.25. The number of likely N-dealkylation sites (N-methyl/N-ethyl adjacent to an activating group) is 1. The zero-order chi connectivity index (χ0) is 19.5. The summed E-state index contributed by atoms with van der Waals surface area (Å²) in [5, 5.41) is 8.73. The fraction of sp³-hybridized carbons (Fsp3) is 0.478. The van der Waals surface area contributed by atoms with Crippen LogP contribution in [0.1, 0.15) is 63.1 Å². The van der Waals surface area contributed by atoms with E-state index in [-0.39, 0.29) is 11.3 Å². The van der Waals surface area contributed by atoms with Crippen LogP contribution in [0.4, 0.5) is 5.69 Å². The highest BCUT2D eigenvalue weighted by molar-refractivity contribution is 6.11. The predicted molar refractivity (Wildman–Crippen MR) is 113 cm³/mol. The Hall–Kier alpha value is -2.56. The van der Waals surface area contributed by atoms with Crippen molar-refractivity contribution in [1.29, 1.82) is 0 Å². The van der Waals surface area contributed by atoms with E-state index in [4.69, 9.17) is 0 Å². The van der Waals surface area contributed by atoms with Gasteiger partial charge in [0, 0.05) is 23.1 Å². The van der Waals surface area contributed by atoms with Crippen molar-refractivity contribution >= 4 is 22.5 Å². The first-order valence-corrected chi connectivity index (χ1v) is 10.7. The summed E-state index contributed by atoms with van der Waals surface area (Å²) in [6, 6.07) is 4.54. The number of anilines is 1. The van der Waals surface area contributed by atoms with Crippen molar-refractivity contribution in [1.82, 2.24) is 15.2 Å². The summed E-state index contributed by atoms with van der Waals surface area (Å²) in [6.07, 6.45) is 7.93. The number of aromatic amines is 2. The van der Waals surface area contributed by atoms with Crippen molar-refractivity contribution in [3.63, 3.8) is 0 Å². The summed E-state index contributed by atoms with van der Waals surface area (Å²) < 4.78 is 0. The molecule has 3 aromatic rings. The van der Waals surface area contributed by atoms with Crippen molar-refractivity contribution in [2.75, 3.05) is 11.4 Å². The Kier molecular flexibility index (Phi) is 3.90. The Morgan fingerprint density at radius 2 is 2.04 bits per heavy atom. The molecule has 2 N–H and O–H groups in total. The number of H-pyrrole nitrogens is 2. The quantitative estimate of drug-likeness (QED) is 0.683. The lowest BCUT2D eigenvalue weighted by Gasteiger charge is -2.26. The molecule has 0 spiro atoms. The van der Waals surface area contributed by atoms with E-state index in [1.807, 2.05) is 11.1 Å². The van der Waals surface area contributed by atoms with Crippen molar-refractivity contribution in [3.05, 3.63) is 35.0 Å². The third-order valence-corrected chi connectivity index (χ3v) is 6.92. The van der Waals surface area contributed by atoms with Gasteiger partial charge in [-0.25, -0.2) is 0 Å². The van der Waals surface area contributed by atoms with E-state index in [2.05, 4.69) is 48.1 Å². The van der Waals surface area contributed by atoms with Crippen LogP contribution in [0.15, 0.2) is 18.3 Å². The van der Waals surface area contributed by atoms with Gasteiger partial charge in [-0.1, -0.05) is 20.3 Å². The van der Waals surface area contributed by atoms with Gasteiger partial charge in [0.05, 0.1) is 23.0 Å². The highest BCUT2D eigenvalue weighted by atomic mass is 16.2. The number of hydrogen-bond acceptors (Lipinski definition) is 2. The number of fused-ring (bicyclic) bond motifs is 6. The maximum Gasteiger partial charge on any atom is 0.237 e. The SMILES string of the molecule is CCCC1(CC)C(=O)N(CC)c2cc3c4c([nH]c3cc21)-c1[nH]ncc1CCC4. The van der Waals surface area contributed by atoms with E-state index < -0.39 is 0 Å². The van der Waals surface area contributed by atoms with Gasteiger partial charge in [-0.05, 0) is 67.9 Å². The van der Waals surface area contributed by atoms with Gasteiger partial charge < -0.3 is 9.88 Å². The number of nitrogens with one attached hydrogen (secondary N) is 2. The molecule has 1 amide bonds. The van der Waals surface area contributed by atoms with Crippen molar-refractivity contribution < 1.29 is 4.79 Å². The van der Waals surface area contributed by atoms with Crippen molar-refractivity contribution in [2.45, 2.75) is 64.7 Å². The average Bonchev–Trinajstić information content (AvgIpc) is 3.32. The zero-order valence-corrected chi connectivity index (χ0v) is 17.0. The summed E-state index contributed by atoms with van der Waals surface area (Å²) >= 11 is 0. The molecule has 0 saturated carbocycles. The summed E-state index contributed by atoms with van der Waals surface area (Å²) in [5.41, 5.74) is 8.04. The van der Waals surface area contributed by atoms with Crippen LogP contribution in [0, 0.1) is 0 Å². The van der Waals surface area contributed by atoms with Crippen LogP contribution in [0.5, 0.6) is 0 Å². The first-order chi connectivity index (χ1) is 13.6. The Morgan fingerprint density at radius 3 is 2.79 bits per heavy atom. The third-order valence-electron chi connectivity index (χ3n) is 6.92. The molecular weight excluding hydrogens is 348 g/mol. The Morgan fingerprint density at radius 1 is 1.18 bits per heavy atom. The number of nitrogens with zero attached hydrogens (tertiary/aromatic N) is 2. The van der Waals surface area contributed by atoms with Gasteiger partial charge in [0.1, 0.15) is 0 Å². The van der Waals surface area contributed by atoms with Crippen LogP contribution in [-0.4, -0.2) is 27.6 Å². The van der Waals surface area contributed by atoms with Crippen LogP contribution in [0.2, 0.25) is 0 Å². The lowest BCUT2D eigenvalue weighted by molar-refractivity contribution is -0.123. The second-order valence-electron chi connectivity index (χ2n) is 8.25. The van der Waals surface area contributed by atoms with Crippen molar-refractivity contribution in [3.8, 4) is 11.4 Å². The van der Waals surface area contributed by atoms with E-state index in [0.29, 0.717) is 0 Å². The van der Waals surface area contributed by atoms with Gasteiger partial charge >= 0.3 is 0 Å². The van der Waals surface area contributed by atoms with E-state index in [1.165, 1.54) is 27.8 Å². The van der Waals surface area contributed by atoms with Crippen LogP contribution < -0.4 is 4.90 Å². The number of aryl methyl sites for hydroxylation is 2. The minimum absolute atomic E-state index is 0.281. The molecule has 3 heterocycles. The van der Waals surface area contributed by atoms with Crippen LogP contribution in [0.25, 0.3) is 22.3 Å². The topological polar surface area (TPSA) is 64.8 Å². The van der Waals surface area contributed by atoms with E-state index in [0.717, 1.165) is 62.0 Å². The smallest absolute Gasteiger partial charge is 0.237 e. The zero-order valence-electron chi connectivity index (χ0n) is 17.0. The molecule has 0 saturated heterocycles. The standard InChI is InChI=1S/C23H28N4O/c1-4-10-23(5-2)17-12-18-16(11-19(17)27(6-3)22(23)28)15-9-7-8-14-13-24-26-20(14)21(15)25-18/h11-13,25H,4-10H2,1-3H3,(H,24,26). The molecule has 0 radical (unpaired) electrons. The molecule has 1 aromatic carbocycles. The normalized spacial score (nSPS) is 21.0. The fourth-order valence-electron chi connectivity index (χ4n) is 5.52. The fourth-order valence-corrected chi connectivity index (χ4v) is 5.52. The Labute approximate surface area is 165 Å². The summed E-state index contributed by atoms with van der Waals surface area (Å²) in [5.74, 6) is 0.281. The molecule has 2 aromatic heterocycles. The summed E-state index contributed by atoms with van der Waals surface area (Å²) in [6.45, 7) is 7.13. The molecule has 1 atom stereocenters. The molecule has 1 aliphatic heterocycles. The number of carbonyl (C=O) groups is 1. The molecule has 5 rings (SSSR count). The lowest BCUT2D eigenvalue weighted by atomic mass is 9.75. The molecule has 146 valence electrons. The largest absolute Gasteiger partial charge is 0.353 e. The number of amides is 1. The maximum absolute atomic E-state index is 13.4. The molecular formula is C23H28N4O. The van der Waals surface area contributed by atoms with E-state index in [1.54, 1.807) is 0 Å². The Bertz CT molecular complexity index is 1080. The van der Waals surface area contributed by atoms with Gasteiger partial charge in [0.25, 0.3) is 0 Å². The number of carbonyl (C=O) groups excluding carboxylic acids is 1. The van der Waals surface area contributed by atoms with Crippen LogP contribution >= 0.6 is 0 Å². The van der Waals surface area contributed by atoms with Gasteiger partial charge in [0.2, 0.25) is 5.91 Å². The molecule has 2 aliphatic rings. The molecule has 5 nitrogen and oxygen atoms in total. The van der Waals surface area contributed by atoms with Gasteiger partial charge in [-0.15, -0.1) is 0 Å². The third kappa shape index (κ3) is 2.13. The number of aromatic nitrogens is 3. The Balaban J connectivity index is 1.78. The summed E-state index contributed by atoms with van der Waals surface area (Å²) in [7, 11) is 0. The van der Waals surface area contributed by atoms with Crippen LogP contribution in [0.3, 0.4) is 0 Å². The van der Waals surface area contributed by atoms with E-state index in [9.17, 15) is 4.79 Å². The molecule has 0 bridgehead atoms.